The molecule has 1 aliphatic heterocycles. The van der Waals surface area contributed by atoms with Crippen LogP contribution in [0.1, 0.15) is 52.9 Å². The van der Waals surface area contributed by atoms with Crippen molar-refractivity contribution in [1.29, 1.82) is 0 Å². The predicted molar refractivity (Wildman–Crippen MR) is 63.3 cm³/mol. The molecule has 0 unspecified atom stereocenters. The molecule has 0 radical (unpaired) electrons. The molecule has 0 aromatic carbocycles. The van der Waals surface area contributed by atoms with E-state index in [1.54, 1.807) is 0 Å². The number of amides is 1. The zero-order valence-corrected chi connectivity index (χ0v) is 10.7. The number of nitrogens with zero attached hydrogens (tertiary/aromatic N) is 1. The molecule has 0 spiro atoms. The SMILES string of the molecule is CC(C)(C)OC(=O)N1CCC[C@H]2CCC[C@@H]21. The van der Waals surface area contributed by atoms with Gasteiger partial charge in [-0.1, -0.05) is 6.42 Å². The molecule has 3 heteroatoms. The first-order valence-corrected chi connectivity index (χ1v) is 6.47. The van der Waals surface area contributed by atoms with E-state index in [2.05, 4.69) is 0 Å². The quantitative estimate of drug-likeness (QED) is 0.633. The van der Waals surface area contributed by atoms with Gasteiger partial charge in [-0.2, -0.15) is 0 Å². The van der Waals surface area contributed by atoms with Crippen LogP contribution >= 0.6 is 0 Å². The zero-order chi connectivity index (χ0) is 11.8. The first-order valence-electron chi connectivity index (χ1n) is 6.47. The maximum Gasteiger partial charge on any atom is 0.410 e. The summed E-state index contributed by atoms with van der Waals surface area (Å²) >= 11 is 0. The van der Waals surface area contributed by atoms with Crippen LogP contribution in [0.2, 0.25) is 0 Å². The van der Waals surface area contributed by atoms with Crippen molar-refractivity contribution in [3.05, 3.63) is 0 Å². The molecule has 1 amide bonds. The van der Waals surface area contributed by atoms with Crippen LogP contribution in [-0.4, -0.2) is 29.2 Å². The van der Waals surface area contributed by atoms with E-state index in [0.29, 0.717) is 6.04 Å². The standard InChI is InChI=1S/C13H23NO2/c1-13(2,3)16-12(15)14-9-5-7-10-6-4-8-11(10)14/h10-11H,4-9H2,1-3H3/t10-,11+/m1/s1. The lowest BCUT2D eigenvalue weighted by Gasteiger charge is -2.38. The van der Waals surface area contributed by atoms with Crippen LogP contribution in [0.4, 0.5) is 4.79 Å². The Hall–Kier alpha value is -0.730. The fourth-order valence-corrected chi connectivity index (χ4v) is 3.00. The van der Waals surface area contributed by atoms with Gasteiger partial charge in [-0.05, 0) is 52.4 Å². The summed E-state index contributed by atoms with van der Waals surface area (Å²) in [5, 5.41) is 0. The van der Waals surface area contributed by atoms with E-state index < -0.39 is 0 Å². The van der Waals surface area contributed by atoms with Crippen LogP contribution < -0.4 is 0 Å². The van der Waals surface area contributed by atoms with Gasteiger partial charge in [0, 0.05) is 12.6 Å². The summed E-state index contributed by atoms with van der Waals surface area (Å²) in [7, 11) is 0. The van der Waals surface area contributed by atoms with Crippen LogP contribution in [-0.2, 0) is 4.74 Å². The van der Waals surface area contributed by atoms with Crippen molar-refractivity contribution in [2.75, 3.05) is 6.54 Å². The third kappa shape index (κ3) is 2.50. The van der Waals surface area contributed by atoms with Gasteiger partial charge >= 0.3 is 6.09 Å². The number of rotatable bonds is 0. The molecule has 0 bridgehead atoms. The summed E-state index contributed by atoms with van der Waals surface area (Å²) in [6.07, 6.45) is 6.07. The highest BCUT2D eigenvalue weighted by Crippen LogP contribution is 2.37. The predicted octanol–water partition coefficient (Wildman–Crippen LogP) is 3.19. The maximum absolute atomic E-state index is 12.1. The van der Waals surface area contributed by atoms with Gasteiger partial charge in [0.1, 0.15) is 5.60 Å². The first kappa shape index (κ1) is 11.7. The van der Waals surface area contributed by atoms with E-state index in [4.69, 9.17) is 4.74 Å². The number of likely N-dealkylation sites (tertiary alicyclic amines) is 1. The van der Waals surface area contributed by atoms with Gasteiger partial charge < -0.3 is 9.64 Å². The second-order valence-corrected chi connectivity index (χ2v) is 6.07. The molecule has 2 fully saturated rings. The molecule has 92 valence electrons. The smallest absolute Gasteiger partial charge is 0.410 e. The number of carbonyl (C=O) groups excluding carboxylic acids is 1. The van der Waals surface area contributed by atoms with Gasteiger partial charge in [0.15, 0.2) is 0 Å². The minimum atomic E-state index is -0.372. The molecule has 2 rings (SSSR count). The highest BCUT2D eigenvalue weighted by molar-refractivity contribution is 5.68. The van der Waals surface area contributed by atoms with Crippen molar-refractivity contribution in [3.63, 3.8) is 0 Å². The maximum atomic E-state index is 12.1. The number of hydrogen-bond acceptors (Lipinski definition) is 2. The first-order chi connectivity index (χ1) is 7.47. The van der Waals surface area contributed by atoms with Crippen molar-refractivity contribution in [2.45, 2.75) is 64.5 Å². The largest absolute Gasteiger partial charge is 0.444 e. The topological polar surface area (TPSA) is 29.5 Å². The summed E-state index contributed by atoms with van der Waals surface area (Å²) in [6, 6.07) is 0.462. The third-order valence-electron chi connectivity index (χ3n) is 3.62. The van der Waals surface area contributed by atoms with Crippen LogP contribution in [0, 0.1) is 5.92 Å². The van der Waals surface area contributed by atoms with Gasteiger partial charge in [-0.3, -0.25) is 0 Å². The Bertz CT molecular complexity index is 270. The van der Waals surface area contributed by atoms with E-state index in [1.165, 1.54) is 25.7 Å². The lowest BCUT2D eigenvalue weighted by molar-refractivity contribution is 0.00434. The van der Waals surface area contributed by atoms with E-state index in [9.17, 15) is 4.79 Å². The lowest BCUT2D eigenvalue weighted by atomic mass is 9.92. The Labute approximate surface area is 98.1 Å². The van der Waals surface area contributed by atoms with Crippen LogP contribution in [0.3, 0.4) is 0 Å². The van der Waals surface area contributed by atoms with Crippen LogP contribution in [0.15, 0.2) is 0 Å². The van der Waals surface area contributed by atoms with Gasteiger partial charge in [0.2, 0.25) is 0 Å². The van der Waals surface area contributed by atoms with Crippen molar-refractivity contribution in [3.8, 4) is 0 Å². The summed E-state index contributed by atoms with van der Waals surface area (Å²) in [5.74, 6) is 0.737. The molecule has 1 saturated heterocycles. The van der Waals surface area contributed by atoms with Gasteiger partial charge in [-0.15, -0.1) is 0 Å². The third-order valence-corrected chi connectivity index (χ3v) is 3.62. The normalized spacial score (nSPS) is 30.1. The Morgan fingerprint density at radius 3 is 2.56 bits per heavy atom. The average Bonchev–Trinajstić information content (AvgIpc) is 2.61. The Morgan fingerprint density at radius 1 is 1.19 bits per heavy atom. The summed E-state index contributed by atoms with van der Waals surface area (Å²) in [6.45, 7) is 6.68. The van der Waals surface area contributed by atoms with Crippen LogP contribution in [0.25, 0.3) is 0 Å². The molecule has 1 saturated carbocycles. The Kier molecular flexibility index (Phi) is 3.13. The van der Waals surface area contributed by atoms with Crippen molar-refractivity contribution in [2.24, 2.45) is 5.92 Å². The monoisotopic (exact) mass is 225 g/mol. The molecule has 1 heterocycles. The Morgan fingerprint density at radius 2 is 1.88 bits per heavy atom. The van der Waals surface area contributed by atoms with Crippen molar-refractivity contribution in [1.82, 2.24) is 4.90 Å². The molecule has 2 atom stereocenters. The van der Waals surface area contributed by atoms with Crippen LogP contribution in [0.5, 0.6) is 0 Å². The second-order valence-electron chi connectivity index (χ2n) is 6.07. The fourth-order valence-electron chi connectivity index (χ4n) is 3.00. The molecular weight excluding hydrogens is 202 g/mol. The average molecular weight is 225 g/mol. The van der Waals surface area contributed by atoms with E-state index in [1.807, 2.05) is 25.7 Å². The van der Waals surface area contributed by atoms with E-state index >= 15 is 0 Å². The number of hydrogen-bond donors (Lipinski definition) is 0. The van der Waals surface area contributed by atoms with E-state index in [-0.39, 0.29) is 11.7 Å². The number of fused-ring (bicyclic) bond motifs is 1. The minimum absolute atomic E-state index is 0.107. The minimum Gasteiger partial charge on any atom is -0.444 e. The van der Waals surface area contributed by atoms with Crippen molar-refractivity contribution < 1.29 is 9.53 Å². The molecule has 0 aromatic heterocycles. The fraction of sp³-hybridized carbons (Fsp3) is 0.923. The lowest BCUT2D eigenvalue weighted by Crippen LogP contribution is -2.48. The van der Waals surface area contributed by atoms with Gasteiger partial charge in [0.25, 0.3) is 0 Å². The summed E-state index contributed by atoms with van der Waals surface area (Å²) in [4.78, 5) is 14.0. The summed E-state index contributed by atoms with van der Waals surface area (Å²) in [5.41, 5.74) is -0.372. The molecule has 2 aliphatic rings. The molecule has 1 aliphatic carbocycles. The second kappa shape index (κ2) is 4.27. The Balaban J connectivity index is 2.00. The highest BCUT2D eigenvalue weighted by atomic mass is 16.6. The number of carbonyl (C=O) groups is 1. The molecule has 0 aromatic rings. The zero-order valence-electron chi connectivity index (χ0n) is 10.7. The number of piperidine rings is 1. The van der Waals surface area contributed by atoms with Gasteiger partial charge in [-0.25, -0.2) is 4.79 Å². The summed E-state index contributed by atoms with van der Waals surface area (Å²) < 4.78 is 5.47. The highest BCUT2D eigenvalue weighted by Gasteiger charge is 2.38. The van der Waals surface area contributed by atoms with Gasteiger partial charge in [0.05, 0.1) is 0 Å². The number of ether oxygens (including phenoxy) is 1. The molecular formula is C13H23NO2. The van der Waals surface area contributed by atoms with Crippen molar-refractivity contribution >= 4 is 6.09 Å². The molecule has 3 nitrogen and oxygen atoms in total. The molecule has 16 heavy (non-hydrogen) atoms. The molecule has 0 N–H and O–H groups in total. The van der Waals surface area contributed by atoms with E-state index in [0.717, 1.165) is 18.9 Å².